The van der Waals surface area contributed by atoms with Crippen molar-refractivity contribution in [2.75, 3.05) is 18.0 Å². The highest BCUT2D eigenvalue weighted by Crippen LogP contribution is 2.32. The van der Waals surface area contributed by atoms with Crippen LogP contribution < -0.4 is 14.4 Å². The van der Waals surface area contributed by atoms with E-state index in [1.807, 2.05) is 58.0 Å². The minimum atomic E-state index is -4.31. The SMILES string of the molecule is COc1ccc(N(CC(=O)N(Cc2ccc(F)cc2)[C@@H](Cc2ccccc2)C(=O)NC(C)(C)C)S(=O)(=O)c2ccc(C)cc2)cc1Cl. The zero-order chi connectivity index (χ0) is 34.4. The van der Waals surface area contributed by atoms with Crippen LogP contribution in [0.1, 0.15) is 37.5 Å². The van der Waals surface area contributed by atoms with Crippen LogP contribution in [-0.4, -0.2) is 50.4 Å². The van der Waals surface area contributed by atoms with E-state index in [4.69, 9.17) is 16.3 Å². The van der Waals surface area contributed by atoms with Gasteiger partial charge in [0.1, 0.15) is 24.2 Å². The molecular formula is C36H39ClFN3O5S. The largest absolute Gasteiger partial charge is 0.495 e. The number of hydrogen-bond donors (Lipinski definition) is 1. The molecule has 0 fully saturated rings. The van der Waals surface area contributed by atoms with Crippen molar-refractivity contribution in [2.45, 2.75) is 57.1 Å². The maximum absolute atomic E-state index is 14.5. The van der Waals surface area contributed by atoms with Crippen LogP contribution in [0.15, 0.2) is 102 Å². The summed E-state index contributed by atoms with van der Waals surface area (Å²) < 4.78 is 48.5. The first kappa shape index (κ1) is 35.4. The zero-order valence-electron chi connectivity index (χ0n) is 27.0. The van der Waals surface area contributed by atoms with Gasteiger partial charge in [0, 0.05) is 18.5 Å². The number of aryl methyl sites for hydroxylation is 1. The van der Waals surface area contributed by atoms with Gasteiger partial charge in [0.25, 0.3) is 10.0 Å². The van der Waals surface area contributed by atoms with Gasteiger partial charge < -0.3 is 15.0 Å². The molecule has 47 heavy (non-hydrogen) atoms. The third kappa shape index (κ3) is 9.33. The van der Waals surface area contributed by atoms with Crippen molar-refractivity contribution in [1.29, 1.82) is 0 Å². The molecule has 2 amide bonds. The van der Waals surface area contributed by atoms with Gasteiger partial charge in [0.2, 0.25) is 11.8 Å². The Kier molecular flexibility index (Phi) is 11.3. The summed E-state index contributed by atoms with van der Waals surface area (Å²) in [5.41, 5.74) is 1.71. The molecule has 0 aromatic heterocycles. The molecule has 0 heterocycles. The van der Waals surface area contributed by atoms with Crippen molar-refractivity contribution in [2.24, 2.45) is 0 Å². The van der Waals surface area contributed by atoms with E-state index in [1.165, 1.54) is 66.6 Å². The van der Waals surface area contributed by atoms with Crippen LogP contribution in [0, 0.1) is 12.7 Å². The molecule has 4 aromatic rings. The molecule has 0 spiro atoms. The number of amides is 2. The number of carbonyl (C=O) groups excluding carboxylic acids is 2. The van der Waals surface area contributed by atoms with Gasteiger partial charge in [-0.15, -0.1) is 0 Å². The molecule has 0 unspecified atom stereocenters. The monoisotopic (exact) mass is 679 g/mol. The quantitative estimate of drug-likeness (QED) is 0.183. The number of benzene rings is 4. The highest BCUT2D eigenvalue weighted by molar-refractivity contribution is 7.92. The summed E-state index contributed by atoms with van der Waals surface area (Å²) in [7, 11) is -2.87. The molecule has 8 nitrogen and oxygen atoms in total. The van der Waals surface area contributed by atoms with E-state index in [-0.39, 0.29) is 28.6 Å². The van der Waals surface area contributed by atoms with Crippen LogP contribution >= 0.6 is 11.6 Å². The summed E-state index contributed by atoms with van der Waals surface area (Å²) in [6.45, 7) is 6.59. The number of carbonyl (C=O) groups is 2. The fraction of sp³-hybridized carbons (Fsp3) is 0.278. The Balaban J connectivity index is 1.84. The lowest BCUT2D eigenvalue weighted by atomic mass is 10.0. The van der Waals surface area contributed by atoms with E-state index in [9.17, 15) is 22.4 Å². The van der Waals surface area contributed by atoms with Gasteiger partial charge in [-0.2, -0.15) is 0 Å². The van der Waals surface area contributed by atoms with Crippen molar-refractivity contribution in [3.8, 4) is 5.75 Å². The number of nitrogens with one attached hydrogen (secondary N) is 1. The molecule has 1 atom stereocenters. The summed E-state index contributed by atoms with van der Waals surface area (Å²) >= 11 is 6.43. The van der Waals surface area contributed by atoms with Crippen molar-refractivity contribution in [3.05, 3.63) is 125 Å². The number of halogens is 2. The Bertz CT molecular complexity index is 1800. The lowest BCUT2D eigenvalue weighted by molar-refractivity contribution is -0.140. The van der Waals surface area contributed by atoms with Crippen molar-refractivity contribution >= 4 is 39.1 Å². The highest BCUT2D eigenvalue weighted by Gasteiger charge is 2.35. The number of sulfonamides is 1. The molecular weight excluding hydrogens is 641 g/mol. The molecule has 0 aliphatic heterocycles. The van der Waals surface area contributed by atoms with E-state index >= 15 is 0 Å². The Morgan fingerprint density at radius 3 is 2.13 bits per heavy atom. The number of anilines is 1. The Hall–Kier alpha value is -4.41. The van der Waals surface area contributed by atoms with Gasteiger partial charge in [-0.05, 0) is 81.3 Å². The summed E-state index contributed by atoms with van der Waals surface area (Å²) in [5.74, 6) is -1.20. The molecule has 0 radical (unpaired) electrons. The van der Waals surface area contributed by atoms with Gasteiger partial charge >= 0.3 is 0 Å². The average Bonchev–Trinajstić information content (AvgIpc) is 3.02. The molecule has 1 N–H and O–H groups in total. The summed E-state index contributed by atoms with van der Waals surface area (Å²) in [5, 5.41) is 3.13. The van der Waals surface area contributed by atoms with E-state index in [0.717, 1.165) is 15.4 Å². The van der Waals surface area contributed by atoms with Crippen molar-refractivity contribution < 1.29 is 27.1 Å². The lowest BCUT2D eigenvalue weighted by Crippen LogP contribution is -2.56. The summed E-state index contributed by atoms with van der Waals surface area (Å²) in [6.07, 6.45) is 0.148. The topological polar surface area (TPSA) is 96.0 Å². The molecule has 4 rings (SSSR count). The third-order valence-electron chi connectivity index (χ3n) is 7.35. The molecule has 0 bridgehead atoms. The summed E-state index contributed by atoms with van der Waals surface area (Å²) in [6, 6.07) is 24.5. The normalized spacial score (nSPS) is 12.2. The first-order valence-corrected chi connectivity index (χ1v) is 16.8. The van der Waals surface area contributed by atoms with Gasteiger partial charge in [-0.25, -0.2) is 12.8 Å². The second kappa shape index (κ2) is 15.0. The molecule has 0 aliphatic carbocycles. The maximum atomic E-state index is 14.5. The van der Waals surface area contributed by atoms with E-state index in [2.05, 4.69) is 5.32 Å². The Labute approximate surface area is 281 Å². The molecule has 248 valence electrons. The lowest BCUT2D eigenvalue weighted by Gasteiger charge is -2.35. The smallest absolute Gasteiger partial charge is 0.264 e. The van der Waals surface area contributed by atoms with Crippen LogP contribution in [0.5, 0.6) is 5.75 Å². The molecule has 11 heteroatoms. The van der Waals surface area contributed by atoms with Crippen LogP contribution in [0.4, 0.5) is 10.1 Å². The predicted octanol–water partition coefficient (Wildman–Crippen LogP) is 6.55. The van der Waals surface area contributed by atoms with Gasteiger partial charge in [0.15, 0.2) is 0 Å². The fourth-order valence-electron chi connectivity index (χ4n) is 4.97. The highest BCUT2D eigenvalue weighted by atomic mass is 35.5. The van der Waals surface area contributed by atoms with Gasteiger partial charge in [-0.1, -0.05) is 71.8 Å². The standard InChI is InChI=1S/C36H39ClFN3O5S/c1-25-11-18-30(19-12-25)47(44,45)41(29-17-20-33(46-5)31(37)22-29)24-34(42)40(23-27-13-15-28(38)16-14-27)32(35(43)39-36(2,3)4)21-26-9-7-6-8-10-26/h6-20,22,32H,21,23-24H2,1-5H3,(H,39,43)/t32-/m0/s1. The van der Waals surface area contributed by atoms with E-state index < -0.39 is 45.8 Å². The Morgan fingerprint density at radius 1 is 0.915 bits per heavy atom. The molecule has 0 aliphatic rings. The van der Waals surface area contributed by atoms with E-state index in [0.29, 0.717) is 11.3 Å². The average molecular weight is 680 g/mol. The minimum absolute atomic E-state index is 0.0285. The number of ether oxygens (including phenoxy) is 1. The molecule has 0 saturated carbocycles. The number of methoxy groups -OCH3 is 1. The number of rotatable bonds is 12. The van der Waals surface area contributed by atoms with Crippen LogP contribution in [0.2, 0.25) is 5.02 Å². The Morgan fingerprint density at radius 2 is 1.55 bits per heavy atom. The molecule has 4 aromatic carbocycles. The van der Waals surface area contributed by atoms with E-state index in [1.54, 1.807) is 12.1 Å². The first-order chi connectivity index (χ1) is 22.2. The van der Waals surface area contributed by atoms with Gasteiger partial charge in [0.05, 0.1) is 22.7 Å². The number of nitrogens with zero attached hydrogens (tertiary/aromatic N) is 2. The molecule has 0 saturated heterocycles. The third-order valence-corrected chi connectivity index (χ3v) is 9.43. The van der Waals surface area contributed by atoms with Crippen molar-refractivity contribution in [1.82, 2.24) is 10.2 Å². The fourth-order valence-corrected chi connectivity index (χ4v) is 6.63. The second-order valence-electron chi connectivity index (χ2n) is 12.2. The van der Waals surface area contributed by atoms with Gasteiger partial charge in [-0.3, -0.25) is 13.9 Å². The second-order valence-corrected chi connectivity index (χ2v) is 14.5. The zero-order valence-corrected chi connectivity index (χ0v) is 28.6. The summed E-state index contributed by atoms with van der Waals surface area (Å²) in [4.78, 5) is 29.8. The van der Waals surface area contributed by atoms with Crippen LogP contribution in [0.25, 0.3) is 0 Å². The maximum Gasteiger partial charge on any atom is 0.264 e. The van der Waals surface area contributed by atoms with Crippen LogP contribution in [0.3, 0.4) is 0 Å². The predicted molar refractivity (Wildman–Crippen MR) is 182 cm³/mol. The number of hydrogen-bond acceptors (Lipinski definition) is 5. The van der Waals surface area contributed by atoms with Crippen LogP contribution in [-0.2, 0) is 32.6 Å². The first-order valence-electron chi connectivity index (χ1n) is 15.0. The van der Waals surface area contributed by atoms with Crippen molar-refractivity contribution in [3.63, 3.8) is 0 Å². The minimum Gasteiger partial charge on any atom is -0.495 e.